The summed E-state index contributed by atoms with van der Waals surface area (Å²) in [5, 5.41) is 1.05. The molecule has 0 unspecified atom stereocenters. The topological polar surface area (TPSA) is 47.8 Å². The number of ketones is 1. The van der Waals surface area contributed by atoms with E-state index in [0.29, 0.717) is 18.5 Å². The summed E-state index contributed by atoms with van der Waals surface area (Å²) in [6.07, 6.45) is 4.69. The van der Waals surface area contributed by atoms with Gasteiger partial charge in [0.25, 0.3) is 0 Å². The van der Waals surface area contributed by atoms with Crippen LogP contribution in [0.4, 0.5) is 0 Å². The van der Waals surface area contributed by atoms with Crippen molar-refractivity contribution in [1.82, 2.24) is 14.5 Å². The SMILES string of the molecule is Cn1ccnc1CCC(=O)c1ccc2ccccc2n1. The van der Waals surface area contributed by atoms with Gasteiger partial charge in [0, 0.05) is 37.7 Å². The number of para-hydroxylation sites is 1. The highest BCUT2D eigenvalue weighted by Gasteiger charge is 2.10. The minimum Gasteiger partial charge on any atom is -0.338 e. The van der Waals surface area contributed by atoms with Crippen LogP contribution < -0.4 is 0 Å². The Labute approximate surface area is 117 Å². The molecule has 0 fully saturated rings. The normalized spacial score (nSPS) is 10.8. The Bertz CT molecular complexity index is 761. The molecule has 0 saturated carbocycles. The number of aromatic nitrogens is 3. The van der Waals surface area contributed by atoms with E-state index in [4.69, 9.17) is 0 Å². The third kappa shape index (κ3) is 2.45. The lowest BCUT2D eigenvalue weighted by atomic mass is 10.1. The molecule has 0 aliphatic carbocycles. The van der Waals surface area contributed by atoms with Crippen LogP contribution in [0.1, 0.15) is 22.7 Å². The van der Waals surface area contributed by atoms with Crippen molar-refractivity contribution < 1.29 is 4.79 Å². The van der Waals surface area contributed by atoms with Gasteiger partial charge >= 0.3 is 0 Å². The van der Waals surface area contributed by atoms with Gasteiger partial charge in [-0.1, -0.05) is 24.3 Å². The fraction of sp³-hybridized carbons (Fsp3) is 0.188. The third-order valence-electron chi connectivity index (χ3n) is 3.38. The molecule has 0 radical (unpaired) electrons. The minimum atomic E-state index is 0.0544. The molecule has 4 nitrogen and oxygen atoms in total. The molecule has 0 saturated heterocycles. The summed E-state index contributed by atoms with van der Waals surface area (Å²) in [4.78, 5) is 20.8. The van der Waals surface area contributed by atoms with Crippen molar-refractivity contribution in [2.75, 3.05) is 0 Å². The van der Waals surface area contributed by atoms with Crippen molar-refractivity contribution >= 4 is 16.7 Å². The summed E-state index contributed by atoms with van der Waals surface area (Å²) in [7, 11) is 1.93. The quantitative estimate of drug-likeness (QED) is 0.681. The molecule has 100 valence electrons. The molecule has 4 heteroatoms. The lowest BCUT2D eigenvalue weighted by Gasteiger charge is -2.03. The third-order valence-corrected chi connectivity index (χ3v) is 3.38. The van der Waals surface area contributed by atoms with Gasteiger partial charge in [-0.05, 0) is 12.1 Å². The number of imidazole rings is 1. The van der Waals surface area contributed by atoms with Crippen LogP contribution in [0, 0.1) is 0 Å². The van der Waals surface area contributed by atoms with E-state index in [0.717, 1.165) is 16.7 Å². The van der Waals surface area contributed by atoms with Gasteiger partial charge in [0.1, 0.15) is 11.5 Å². The van der Waals surface area contributed by atoms with Crippen LogP contribution in [-0.2, 0) is 13.5 Å². The van der Waals surface area contributed by atoms with Crippen LogP contribution in [-0.4, -0.2) is 20.3 Å². The smallest absolute Gasteiger partial charge is 0.181 e. The Kier molecular flexibility index (Phi) is 3.29. The average Bonchev–Trinajstić information content (AvgIpc) is 2.89. The highest BCUT2D eigenvalue weighted by atomic mass is 16.1. The summed E-state index contributed by atoms with van der Waals surface area (Å²) in [6.45, 7) is 0. The fourth-order valence-corrected chi connectivity index (χ4v) is 2.21. The molecule has 0 atom stereocenters. The van der Waals surface area contributed by atoms with Crippen molar-refractivity contribution in [3.05, 3.63) is 60.3 Å². The van der Waals surface area contributed by atoms with Gasteiger partial charge in [-0.15, -0.1) is 0 Å². The predicted molar refractivity (Wildman–Crippen MR) is 77.6 cm³/mol. The second-order valence-electron chi connectivity index (χ2n) is 4.77. The van der Waals surface area contributed by atoms with Crippen LogP contribution in [0.5, 0.6) is 0 Å². The number of fused-ring (bicyclic) bond motifs is 1. The summed E-state index contributed by atoms with van der Waals surface area (Å²) >= 11 is 0. The maximum absolute atomic E-state index is 12.2. The summed E-state index contributed by atoms with van der Waals surface area (Å²) in [6, 6.07) is 11.5. The standard InChI is InChI=1S/C16H15N3O/c1-19-11-10-17-16(19)9-8-15(20)14-7-6-12-4-2-3-5-13(12)18-14/h2-7,10-11H,8-9H2,1H3. The van der Waals surface area contributed by atoms with E-state index in [9.17, 15) is 4.79 Å². The summed E-state index contributed by atoms with van der Waals surface area (Å²) in [5.74, 6) is 0.970. The van der Waals surface area contributed by atoms with E-state index in [2.05, 4.69) is 9.97 Å². The molecule has 2 heterocycles. The van der Waals surface area contributed by atoms with Crippen molar-refractivity contribution in [3.8, 4) is 0 Å². The first-order valence-corrected chi connectivity index (χ1v) is 6.59. The number of carbonyl (C=O) groups excluding carboxylic acids is 1. The molecule has 2 aromatic heterocycles. The number of rotatable bonds is 4. The largest absolute Gasteiger partial charge is 0.338 e. The van der Waals surface area contributed by atoms with Crippen molar-refractivity contribution in [2.24, 2.45) is 7.05 Å². The zero-order valence-electron chi connectivity index (χ0n) is 11.3. The van der Waals surface area contributed by atoms with Gasteiger partial charge < -0.3 is 4.57 Å². The molecule has 0 aliphatic heterocycles. The van der Waals surface area contributed by atoms with Crippen LogP contribution in [0.2, 0.25) is 0 Å². The van der Waals surface area contributed by atoms with Gasteiger partial charge in [0.15, 0.2) is 5.78 Å². The highest BCUT2D eigenvalue weighted by molar-refractivity contribution is 5.96. The monoisotopic (exact) mass is 265 g/mol. The minimum absolute atomic E-state index is 0.0544. The number of aryl methyl sites for hydroxylation is 2. The van der Waals surface area contributed by atoms with Crippen LogP contribution in [0.15, 0.2) is 48.8 Å². The zero-order chi connectivity index (χ0) is 13.9. The van der Waals surface area contributed by atoms with Crippen LogP contribution in [0.3, 0.4) is 0 Å². The molecule has 0 N–H and O–H groups in total. The number of hydrogen-bond donors (Lipinski definition) is 0. The number of carbonyl (C=O) groups is 1. The molecular weight excluding hydrogens is 250 g/mol. The van der Waals surface area contributed by atoms with Crippen LogP contribution in [0.25, 0.3) is 10.9 Å². The number of hydrogen-bond acceptors (Lipinski definition) is 3. The first-order chi connectivity index (χ1) is 9.74. The van der Waals surface area contributed by atoms with Crippen molar-refractivity contribution in [2.45, 2.75) is 12.8 Å². The molecule has 0 aliphatic rings. The Balaban J connectivity index is 1.77. The fourth-order valence-electron chi connectivity index (χ4n) is 2.21. The maximum atomic E-state index is 12.2. The average molecular weight is 265 g/mol. The Hall–Kier alpha value is -2.49. The van der Waals surface area contributed by atoms with E-state index in [1.165, 1.54) is 0 Å². The molecule has 20 heavy (non-hydrogen) atoms. The molecule has 0 amide bonds. The molecule has 0 spiro atoms. The van der Waals surface area contributed by atoms with Gasteiger partial charge in [-0.3, -0.25) is 4.79 Å². The Morgan fingerprint density at radius 2 is 2.05 bits per heavy atom. The molecule has 3 aromatic rings. The second kappa shape index (κ2) is 5.25. The Morgan fingerprint density at radius 3 is 2.85 bits per heavy atom. The number of nitrogens with zero attached hydrogens (tertiary/aromatic N) is 3. The van der Waals surface area contributed by atoms with E-state index < -0.39 is 0 Å². The number of Topliss-reactive ketones (excluding diaryl/α,β-unsaturated/α-hetero) is 1. The molecule has 3 rings (SSSR count). The van der Waals surface area contributed by atoms with Gasteiger partial charge in [-0.25, -0.2) is 9.97 Å². The summed E-state index contributed by atoms with van der Waals surface area (Å²) < 4.78 is 1.93. The van der Waals surface area contributed by atoms with Gasteiger partial charge in [0.2, 0.25) is 0 Å². The number of pyridine rings is 1. The van der Waals surface area contributed by atoms with Gasteiger partial charge in [-0.2, -0.15) is 0 Å². The molecule has 1 aromatic carbocycles. The van der Waals surface area contributed by atoms with Crippen molar-refractivity contribution in [1.29, 1.82) is 0 Å². The maximum Gasteiger partial charge on any atom is 0.181 e. The van der Waals surface area contributed by atoms with Crippen LogP contribution >= 0.6 is 0 Å². The molecular formula is C16H15N3O. The summed E-state index contributed by atoms with van der Waals surface area (Å²) in [5.41, 5.74) is 1.38. The highest BCUT2D eigenvalue weighted by Crippen LogP contribution is 2.13. The lowest BCUT2D eigenvalue weighted by Crippen LogP contribution is -2.06. The van der Waals surface area contributed by atoms with Crippen molar-refractivity contribution in [3.63, 3.8) is 0 Å². The first-order valence-electron chi connectivity index (χ1n) is 6.59. The second-order valence-corrected chi connectivity index (χ2v) is 4.77. The number of benzene rings is 1. The van der Waals surface area contributed by atoms with E-state index in [1.54, 1.807) is 12.3 Å². The first kappa shape index (κ1) is 12.5. The molecule has 0 bridgehead atoms. The predicted octanol–water partition coefficient (Wildman–Crippen LogP) is 2.78. The lowest BCUT2D eigenvalue weighted by molar-refractivity contribution is 0.0977. The van der Waals surface area contributed by atoms with E-state index in [1.807, 2.05) is 48.1 Å². The van der Waals surface area contributed by atoms with E-state index in [-0.39, 0.29) is 5.78 Å². The van der Waals surface area contributed by atoms with Gasteiger partial charge in [0.05, 0.1) is 5.52 Å². The van der Waals surface area contributed by atoms with E-state index >= 15 is 0 Å². The Morgan fingerprint density at radius 1 is 1.20 bits per heavy atom. The zero-order valence-corrected chi connectivity index (χ0v) is 11.3.